The highest BCUT2D eigenvalue weighted by Gasteiger charge is 2.06. The molecule has 0 saturated heterocycles. The van der Waals surface area contributed by atoms with Gasteiger partial charge in [0, 0.05) is 13.2 Å². The molecule has 6 nitrogen and oxygen atoms in total. The van der Waals surface area contributed by atoms with E-state index in [9.17, 15) is 4.79 Å². The van der Waals surface area contributed by atoms with Crippen molar-refractivity contribution in [2.24, 2.45) is 0 Å². The van der Waals surface area contributed by atoms with Crippen LogP contribution in [0.15, 0.2) is 34.9 Å². The largest absolute Gasteiger partial charge is 0.467 e. The number of halogens is 1. The lowest BCUT2D eigenvalue weighted by atomic mass is 10.3. The second-order valence-electron chi connectivity index (χ2n) is 3.98. The first-order chi connectivity index (χ1) is 9.75. The van der Waals surface area contributed by atoms with E-state index in [1.807, 2.05) is 12.1 Å². The van der Waals surface area contributed by atoms with Gasteiger partial charge >= 0.3 is 0 Å². The molecule has 7 heteroatoms. The molecule has 0 aliphatic heterocycles. The molecule has 0 aliphatic rings. The van der Waals surface area contributed by atoms with Crippen molar-refractivity contribution in [1.29, 1.82) is 0 Å². The zero-order chi connectivity index (χ0) is 14.2. The summed E-state index contributed by atoms with van der Waals surface area (Å²) in [5.74, 6) is 0.505. The number of aromatic nitrogens is 2. The van der Waals surface area contributed by atoms with Crippen molar-refractivity contribution in [2.45, 2.75) is 13.0 Å². The average molecular weight is 296 g/mol. The number of furan rings is 1. The van der Waals surface area contributed by atoms with Crippen LogP contribution >= 0.6 is 11.6 Å². The summed E-state index contributed by atoms with van der Waals surface area (Å²) in [6, 6.07) is 6.71. The summed E-state index contributed by atoms with van der Waals surface area (Å²) in [5.41, 5.74) is 0.242. The monoisotopic (exact) mass is 295 g/mol. The normalized spacial score (nSPS) is 10.4. The number of amides is 1. The van der Waals surface area contributed by atoms with Crippen molar-refractivity contribution in [1.82, 2.24) is 15.5 Å². The van der Waals surface area contributed by atoms with Gasteiger partial charge in [0.15, 0.2) is 10.8 Å². The summed E-state index contributed by atoms with van der Waals surface area (Å²) in [5, 5.41) is 10.3. The highest BCUT2D eigenvalue weighted by atomic mass is 35.5. The number of ether oxygens (including phenoxy) is 1. The minimum absolute atomic E-state index is 0.242. The Bertz CT molecular complexity index is 528. The molecular weight excluding hydrogens is 282 g/mol. The molecule has 0 bridgehead atoms. The first-order valence-corrected chi connectivity index (χ1v) is 6.51. The first kappa shape index (κ1) is 14.5. The number of carbonyl (C=O) groups excluding carboxylic acids is 1. The third-order valence-electron chi connectivity index (χ3n) is 2.44. The second-order valence-corrected chi connectivity index (χ2v) is 4.37. The van der Waals surface area contributed by atoms with E-state index < -0.39 is 0 Å². The molecule has 0 atom stereocenters. The van der Waals surface area contributed by atoms with Crippen LogP contribution in [0.4, 0.5) is 0 Å². The minimum Gasteiger partial charge on any atom is -0.467 e. The second kappa shape index (κ2) is 7.62. The van der Waals surface area contributed by atoms with E-state index in [1.165, 1.54) is 12.1 Å². The number of nitrogens with zero attached hydrogens (tertiary/aromatic N) is 2. The Labute approximate surface area is 121 Å². The molecule has 0 saturated carbocycles. The zero-order valence-corrected chi connectivity index (χ0v) is 11.5. The molecule has 0 radical (unpaired) electrons. The Morgan fingerprint density at radius 3 is 2.95 bits per heavy atom. The highest BCUT2D eigenvalue weighted by molar-refractivity contribution is 6.29. The van der Waals surface area contributed by atoms with Crippen LogP contribution in [0.5, 0.6) is 0 Å². The van der Waals surface area contributed by atoms with E-state index in [1.54, 1.807) is 6.26 Å². The maximum atomic E-state index is 11.7. The van der Waals surface area contributed by atoms with E-state index in [4.69, 9.17) is 20.8 Å². The van der Waals surface area contributed by atoms with Crippen molar-refractivity contribution in [3.8, 4) is 0 Å². The van der Waals surface area contributed by atoms with Gasteiger partial charge in [0.25, 0.3) is 5.91 Å². The highest BCUT2D eigenvalue weighted by Crippen LogP contribution is 2.03. The first-order valence-electron chi connectivity index (χ1n) is 6.13. The number of rotatable bonds is 7. The van der Waals surface area contributed by atoms with Gasteiger partial charge < -0.3 is 14.5 Å². The van der Waals surface area contributed by atoms with Crippen molar-refractivity contribution < 1.29 is 13.9 Å². The molecule has 20 heavy (non-hydrogen) atoms. The summed E-state index contributed by atoms with van der Waals surface area (Å²) in [6.07, 6.45) is 2.31. The van der Waals surface area contributed by atoms with Crippen LogP contribution in [0.1, 0.15) is 22.7 Å². The lowest BCUT2D eigenvalue weighted by Gasteiger charge is -2.04. The van der Waals surface area contributed by atoms with Gasteiger partial charge in [-0.1, -0.05) is 11.6 Å². The maximum absolute atomic E-state index is 11.7. The molecule has 106 valence electrons. The fourth-order valence-electron chi connectivity index (χ4n) is 1.47. The van der Waals surface area contributed by atoms with Crippen molar-refractivity contribution >= 4 is 17.5 Å². The number of carbonyl (C=O) groups is 1. The lowest BCUT2D eigenvalue weighted by molar-refractivity contribution is 0.0912. The van der Waals surface area contributed by atoms with E-state index >= 15 is 0 Å². The Hall–Kier alpha value is -1.92. The van der Waals surface area contributed by atoms with Gasteiger partial charge in [-0.3, -0.25) is 4.79 Å². The average Bonchev–Trinajstić information content (AvgIpc) is 2.96. The quantitative estimate of drug-likeness (QED) is 0.791. The molecule has 2 aromatic rings. The van der Waals surface area contributed by atoms with Gasteiger partial charge in [-0.15, -0.1) is 10.2 Å². The Balaban J connectivity index is 1.58. The molecule has 1 amide bonds. The van der Waals surface area contributed by atoms with E-state index in [2.05, 4.69) is 15.5 Å². The molecule has 0 fully saturated rings. The summed E-state index contributed by atoms with van der Waals surface area (Å²) >= 11 is 5.59. The molecular formula is C13H14ClN3O3. The Morgan fingerprint density at radius 1 is 1.35 bits per heavy atom. The van der Waals surface area contributed by atoms with E-state index in [0.717, 1.165) is 5.76 Å². The van der Waals surface area contributed by atoms with Crippen LogP contribution in [0.3, 0.4) is 0 Å². The molecule has 1 N–H and O–H groups in total. The minimum atomic E-state index is -0.278. The van der Waals surface area contributed by atoms with Gasteiger partial charge in [0.1, 0.15) is 12.4 Å². The third kappa shape index (κ3) is 4.64. The molecule has 2 heterocycles. The maximum Gasteiger partial charge on any atom is 0.271 e. The summed E-state index contributed by atoms with van der Waals surface area (Å²) in [4.78, 5) is 11.7. The molecule has 2 aromatic heterocycles. The van der Waals surface area contributed by atoms with E-state index in [-0.39, 0.29) is 16.8 Å². The fourth-order valence-corrected chi connectivity index (χ4v) is 1.57. The van der Waals surface area contributed by atoms with Crippen molar-refractivity contribution in [3.05, 3.63) is 47.1 Å². The van der Waals surface area contributed by atoms with Crippen molar-refractivity contribution in [3.63, 3.8) is 0 Å². The van der Waals surface area contributed by atoms with Crippen LogP contribution < -0.4 is 5.32 Å². The fraction of sp³-hybridized carbons (Fsp3) is 0.308. The molecule has 2 rings (SSSR count). The number of hydrogen-bond donors (Lipinski definition) is 1. The van der Waals surface area contributed by atoms with Gasteiger partial charge in [-0.05, 0) is 30.7 Å². The smallest absolute Gasteiger partial charge is 0.271 e. The summed E-state index contributed by atoms with van der Waals surface area (Å²) < 4.78 is 10.5. The predicted molar refractivity (Wildman–Crippen MR) is 72.4 cm³/mol. The number of nitrogens with one attached hydrogen (secondary N) is 1. The third-order valence-corrected chi connectivity index (χ3v) is 2.64. The van der Waals surface area contributed by atoms with Crippen LogP contribution in [0.2, 0.25) is 5.15 Å². The molecule has 0 unspecified atom stereocenters. The SMILES string of the molecule is O=C(NCCCOCc1ccco1)c1ccc(Cl)nn1. The standard InChI is InChI=1S/C13H14ClN3O3/c14-12-5-4-11(16-17-12)13(18)15-6-2-7-19-9-10-3-1-8-20-10/h1,3-5,8H,2,6-7,9H2,(H,15,18). The van der Waals surface area contributed by atoms with Gasteiger partial charge in [0.2, 0.25) is 0 Å². The van der Waals surface area contributed by atoms with Crippen LogP contribution in [0, 0.1) is 0 Å². The molecule has 0 aromatic carbocycles. The van der Waals surface area contributed by atoms with Gasteiger partial charge in [0.05, 0.1) is 6.26 Å². The number of hydrogen-bond acceptors (Lipinski definition) is 5. The molecule has 0 aliphatic carbocycles. The van der Waals surface area contributed by atoms with Crippen molar-refractivity contribution in [2.75, 3.05) is 13.2 Å². The van der Waals surface area contributed by atoms with Crippen LogP contribution in [-0.2, 0) is 11.3 Å². The van der Waals surface area contributed by atoms with Crippen LogP contribution in [-0.4, -0.2) is 29.3 Å². The van der Waals surface area contributed by atoms with Crippen LogP contribution in [0.25, 0.3) is 0 Å². The Kier molecular flexibility index (Phi) is 5.52. The topological polar surface area (TPSA) is 77.2 Å². The summed E-state index contributed by atoms with van der Waals surface area (Å²) in [7, 11) is 0. The molecule has 0 spiro atoms. The Morgan fingerprint density at radius 2 is 2.25 bits per heavy atom. The zero-order valence-electron chi connectivity index (χ0n) is 10.7. The van der Waals surface area contributed by atoms with Gasteiger partial charge in [-0.25, -0.2) is 0 Å². The lowest BCUT2D eigenvalue weighted by Crippen LogP contribution is -2.26. The van der Waals surface area contributed by atoms with Gasteiger partial charge in [-0.2, -0.15) is 0 Å². The summed E-state index contributed by atoms with van der Waals surface area (Å²) in [6.45, 7) is 1.47. The predicted octanol–water partition coefficient (Wildman–Crippen LogP) is 2.06. The van der Waals surface area contributed by atoms with E-state index in [0.29, 0.717) is 26.2 Å².